The van der Waals surface area contributed by atoms with Crippen LogP contribution in [0.1, 0.15) is 23.9 Å². The zero-order valence-electron chi connectivity index (χ0n) is 13.0. The van der Waals surface area contributed by atoms with Gasteiger partial charge in [-0.15, -0.1) is 10.2 Å². The minimum Gasteiger partial charge on any atom is -0.481 e. The van der Waals surface area contributed by atoms with Crippen LogP contribution >= 0.6 is 11.8 Å². The van der Waals surface area contributed by atoms with E-state index in [2.05, 4.69) is 47.6 Å². The SMILES string of the molecule is CCn1c(CNc2ccc(C)cc2C)nnc1SCC(=O)O. The Morgan fingerprint density at radius 3 is 2.77 bits per heavy atom. The van der Waals surface area contributed by atoms with Gasteiger partial charge >= 0.3 is 5.97 Å². The summed E-state index contributed by atoms with van der Waals surface area (Å²) in [4.78, 5) is 10.7. The first-order chi connectivity index (χ1) is 10.5. The molecule has 1 heterocycles. The number of aromatic nitrogens is 3. The van der Waals surface area contributed by atoms with Crippen LogP contribution in [0.2, 0.25) is 0 Å². The van der Waals surface area contributed by atoms with Crippen LogP contribution in [-0.2, 0) is 17.9 Å². The van der Waals surface area contributed by atoms with Crippen molar-refractivity contribution in [3.8, 4) is 0 Å². The summed E-state index contributed by atoms with van der Waals surface area (Å²) in [7, 11) is 0. The van der Waals surface area contributed by atoms with Gasteiger partial charge in [-0.3, -0.25) is 4.79 Å². The van der Waals surface area contributed by atoms with Gasteiger partial charge in [-0.1, -0.05) is 29.5 Å². The third-order valence-electron chi connectivity index (χ3n) is 3.25. The predicted octanol–water partition coefficient (Wildman–Crippen LogP) is 2.70. The lowest BCUT2D eigenvalue weighted by molar-refractivity contribution is -0.133. The van der Waals surface area contributed by atoms with Crippen LogP contribution in [0.5, 0.6) is 0 Å². The predicted molar refractivity (Wildman–Crippen MR) is 87.3 cm³/mol. The van der Waals surface area contributed by atoms with E-state index in [1.807, 2.05) is 11.5 Å². The number of hydrogen-bond acceptors (Lipinski definition) is 5. The van der Waals surface area contributed by atoms with E-state index >= 15 is 0 Å². The number of hydrogen-bond donors (Lipinski definition) is 2. The summed E-state index contributed by atoms with van der Waals surface area (Å²) in [5.74, 6) is -0.0659. The number of thioether (sulfide) groups is 1. The highest BCUT2D eigenvalue weighted by atomic mass is 32.2. The first kappa shape index (κ1) is 16.4. The van der Waals surface area contributed by atoms with E-state index in [0.717, 1.165) is 11.5 Å². The first-order valence-electron chi connectivity index (χ1n) is 7.09. The van der Waals surface area contributed by atoms with E-state index in [1.54, 1.807) is 0 Å². The van der Waals surface area contributed by atoms with Crippen LogP contribution in [0.15, 0.2) is 23.4 Å². The first-order valence-corrected chi connectivity index (χ1v) is 8.07. The van der Waals surface area contributed by atoms with E-state index in [0.29, 0.717) is 18.2 Å². The van der Waals surface area contributed by atoms with E-state index in [9.17, 15) is 4.79 Å². The standard InChI is InChI=1S/C15H20N4O2S/c1-4-19-13(17-18-15(19)22-9-14(20)21)8-16-12-6-5-10(2)7-11(12)3/h5-7,16H,4,8-9H2,1-3H3,(H,20,21). The second-order valence-electron chi connectivity index (χ2n) is 5.00. The van der Waals surface area contributed by atoms with Gasteiger partial charge in [0.05, 0.1) is 12.3 Å². The highest BCUT2D eigenvalue weighted by Gasteiger charge is 2.12. The molecule has 0 unspecified atom stereocenters. The number of nitrogens with one attached hydrogen (secondary N) is 1. The number of aryl methyl sites for hydroxylation is 2. The Morgan fingerprint density at radius 1 is 1.36 bits per heavy atom. The van der Waals surface area contributed by atoms with Crippen molar-refractivity contribution in [2.75, 3.05) is 11.1 Å². The van der Waals surface area contributed by atoms with Crippen molar-refractivity contribution in [2.45, 2.75) is 39.0 Å². The molecule has 2 aromatic rings. The van der Waals surface area contributed by atoms with Gasteiger partial charge in [-0.2, -0.15) is 0 Å². The second-order valence-corrected chi connectivity index (χ2v) is 5.94. The van der Waals surface area contributed by atoms with Crippen molar-refractivity contribution in [1.29, 1.82) is 0 Å². The lowest BCUT2D eigenvalue weighted by Crippen LogP contribution is -2.10. The van der Waals surface area contributed by atoms with Crippen LogP contribution in [0.4, 0.5) is 5.69 Å². The Bertz CT molecular complexity index is 670. The van der Waals surface area contributed by atoms with Crippen molar-refractivity contribution >= 4 is 23.4 Å². The fourth-order valence-corrected chi connectivity index (χ4v) is 2.93. The number of rotatable bonds is 7. The molecular weight excluding hydrogens is 300 g/mol. The summed E-state index contributed by atoms with van der Waals surface area (Å²) in [6.07, 6.45) is 0. The molecule has 0 saturated heterocycles. The molecule has 0 fully saturated rings. The fourth-order valence-electron chi connectivity index (χ4n) is 2.19. The Balaban J connectivity index is 2.07. The molecule has 118 valence electrons. The third-order valence-corrected chi connectivity index (χ3v) is 4.20. The van der Waals surface area contributed by atoms with Gasteiger partial charge in [0.25, 0.3) is 0 Å². The summed E-state index contributed by atoms with van der Waals surface area (Å²) < 4.78 is 1.93. The van der Waals surface area contributed by atoms with E-state index < -0.39 is 5.97 Å². The number of carbonyl (C=O) groups is 1. The van der Waals surface area contributed by atoms with Crippen molar-refractivity contribution in [3.05, 3.63) is 35.2 Å². The quantitative estimate of drug-likeness (QED) is 0.764. The van der Waals surface area contributed by atoms with Crippen LogP contribution in [0.25, 0.3) is 0 Å². The van der Waals surface area contributed by atoms with E-state index in [-0.39, 0.29) is 5.75 Å². The lowest BCUT2D eigenvalue weighted by atomic mass is 10.1. The maximum atomic E-state index is 10.7. The maximum absolute atomic E-state index is 10.7. The number of carboxylic acid groups (broad SMARTS) is 1. The van der Waals surface area contributed by atoms with Crippen LogP contribution < -0.4 is 5.32 Å². The third kappa shape index (κ3) is 4.00. The molecule has 0 radical (unpaired) electrons. The minimum absolute atomic E-state index is 0.0113. The molecule has 6 nitrogen and oxygen atoms in total. The summed E-state index contributed by atoms with van der Waals surface area (Å²) in [5, 5.41) is 21.0. The highest BCUT2D eigenvalue weighted by molar-refractivity contribution is 7.99. The Kier molecular flexibility index (Phi) is 5.43. The smallest absolute Gasteiger partial charge is 0.313 e. The lowest BCUT2D eigenvalue weighted by Gasteiger charge is -2.11. The van der Waals surface area contributed by atoms with Gasteiger partial charge in [0.1, 0.15) is 0 Å². The zero-order chi connectivity index (χ0) is 16.1. The average Bonchev–Trinajstić information content (AvgIpc) is 2.86. The van der Waals surface area contributed by atoms with Crippen LogP contribution in [-0.4, -0.2) is 31.6 Å². The van der Waals surface area contributed by atoms with Gasteiger partial charge in [-0.25, -0.2) is 0 Å². The van der Waals surface area contributed by atoms with Crippen LogP contribution in [0.3, 0.4) is 0 Å². The van der Waals surface area contributed by atoms with Gasteiger partial charge in [0.2, 0.25) is 0 Å². The Morgan fingerprint density at radius 2 is 2.14 bits per heavy atom. The second kappa shape index (κ2) is 7.31. The summed E-state index contributed by atoms with van der Waals surface area (Å²) in [6, 6.07) is 6.24. The molecule has 0 amide bonds. The molecule has 0 atom stereocenters. The van der Waals surface area contributed by atoms with Crippen LogP contribution in [0, 0.1) is 13.8 Å². The molecule has 22 heavy (non-hydrogen) atoms. The maximum Gasteiger partial charge on any atom is 0.313 e. The number of aliphatic carboxylic acids is 1. The van der Waals surface area contributed by atoms with Crippen molar-refractivity contribution < 1.29 is 9.90 Å². The molecule has 0 spiro atoms. The largest absolute Gasteiger partial charge is 0.481 e. The van der Waals surface area contributed by atoms with E-state index in [4.69, 9.17) is 5.11 Å². The van der Waals surface area contributed by atoms with Crippen molar-refractivity contribution in [3.63, 3.8) is 0 Å². The minimum atomic E-state index is -0.856. The molecule has 1 aromatic heterocycles. The zero-order valence-corrected chi connectivity index (χ0v) is 13.8. The highest BCUT2D eigenvalue weighted by Crippen LogP contribution is 2.19. The Hall–Kier alpha value is -2.02. The molecule has 2 N–H and O–H groups in total. The normalized spacial score (nSPS) is 10.7. The molecular formula is C15H20N4O2S. The number of benzene rings is 1. The number of nitrogens with zero attached hydrogens (tertiary/aromatic N) is 3. The Labute approximate surface area is 133 Å². The van der Waals surface area contributed by atoms with Crippen molar-refractivity contribution in [1.82, 2.24) is 14.8 Å². The van der Waals surface area contributed by atoms with Crippen molar-refractivity contribution in [2.24, 2.45) is 0 Å². The fraction of sp³-hybridized carbons (Fsp3) is 0.400. The molecule has 0 saturated carbocycles. The number of anilines is 1. The molecule has 2 rings (SSSR count). The topological polar surface area (TPSA) is 80.0 Å². The van der Waals surface area contributed by atoms with Gasteiger partial charge in [0.15, 0.2) is 11.0 Å². The van der Waals surface area contributed by atoms with E-state index in [1.165, 1.54) is 22.9 Å². The molecule has 1 aromatic carbocycles. The summed E-state index contributed by atoms with van der Waals surface area (Å²) >= 11 is 1.19. The molecule has 7 heteroatoms. The monoisotopic (exact) mass is 320 g/mol. The van der Waals surface area contributed by atoms with Gasteiger partial charge in [-0.05, 0) is 32.4 Å². The van der Waals surface area contributed by atoms with Gasteiger partial charge in [0, 0.05) is 12.2 Å². The molecule has 0 aliphatic rings. The van der Waals surface area contributed by atoms with Gasteiger partial charge < -0.3 is 15.0 Å². The molecule has 0 aliphatic heterocycles. The molecule has 0 aliphatic carbocycles. The summed E-state index contributed by atoms with van der Waals surface area (Å²) in [6.45, 7) is 7.39. The summed E-state index contributed by atoms with van der Waals surface area (Å²) in [5.41, 5.74) is 3.48. The number of carboxylic acids is 1. The average molecular weight is 320 g/mol. The molecule has 0 bridgehead atoms.